The minimum Gasteiger partial charge on any atom is -0.480 e. The van der Waals surface area contributed by atoms with Crippen LogP contribution in [0.5, 0.6) is 0 Å². The van der Waals surface area contributed by atoms with Crippen molar-refractivity contribution in [1.82, 2.24) is 9.80 Å². The van der Waals surface area contributed by atoms with Gasteiger partial charge < -0.3 is 10.0 Å². The smallest absolute Gasteiger partial charge is 0.401 e. The van der Waals surface area contributed by atoms with Crippen molar-refractivity contribution < 1.29 is 27.9 Å². The van der Waals surface area contributed by atoms with Crippen LogP contribution in [0.4, 0.5) is 13.2 Å². The van der Waals surface area contributed by atoms with Gasteiger partial charge in [-0.25, -0.2) is 0 Å². The molecular formula is C13H21F3N2O3. The van der Waals surface area contributed by atoms with Crippen LogP contribution in [0.1, 0.15) is 32.6 Å². The first-order valence-electron chi connectivity index (χ1n) is 7.03. The molecule has 0 aromatic rings. The van der Waals surface area contributed by atoms with E-state index in [9.17, 15) is 22.8 Å². The molecule has 0 saturated carbocycles. The number of hydrogen-bond acceptors (Lipinski definition) is 3. The number of piperidine rings is 1. The van der Waals surface area contributed by atoms with Gasteiger partial charge in [0.05, 0.1) is 19.6 Å². The number of halogens is 3. The monoisotopic (exact) mass is 310 g/mol. The molecule has 1 rings (SSSR count). The van der Waals surface area contributed by atoms with Crippen molar-refractivity contribution in [3.05, 3.63) is 0 Å². The van der Waals surface area contributed by atoms with Crippen LogP contribution >= 0.6 is 0 Å². The van der Waals surface area contributed by atoms with E-state index in [-0.39, 0.29) is 6.04 Å². The maximum absolute atomic E-state index is 12.4. The SMILES string of the molecule is CCC1CCCCN1C(=O)CN(CC(=O)O)CC(F)(F)F. The molecule has 0 aromatic carbocycles. The number of rotatable bonds is 6. The molecule has 1 heterocycles. The van der Waals surface area contributed by atoms with Crippen LogP contribution in [0.2, 0.25) is 0 Å². The Kier molecular flexibility index (Phi) is 6.44. The Morgan fingerprint density at radius 1 is 1.29 bits per heavy atom. The van der Waals surface area contributed by atoms with Crippen LogP contribution in [0.3, 0.4) is 0 Å². The van der Waals surface area contributed by atoms with Crippen molar-refractivity contribution in [3.8, 4) is 0 Å². The zero-order valence-corrected chi connectivity index (χ0v) is 12.0. The zero-order chi connectivity index (χ0) is 16.0. The highest BCUT2D eigenvalue weighted by atomic mass is 19.4. The molecule has 5 nitrogen and oxygen atoms in total. The molecule has 1 amide bonds. The number of hydrogen-bond donors (Lipinski definition) is 1. The minimum absolute atomic E-state index is 0.0452. The average Bonchev–Trinajstić information content (AvgIpc) is 2.35. The van der Waals surface area contributed by atoms with E-state index < -0.39 is 37.7 Å². The first-order valence-corrected chi connectivity index (χ1v) is 7.03. The summed E-state index contributed by atoms with van der Waals surface area (Å²) in [6.45, 7) is -0.237. The van der Waals surface area contributed by atoms with Gasteiger partial charge in [0.25, 0.3) is 0 Å². The van der Waals surface area contributed by atoms with Gasteiger partial charge in [0.15, 0.2) is 0 Å². The largest absolute Gasteiger partial charge is 0.480 e. The van der Waals surface area contributed by atoms with Crippen molar-refractivity contribution in [1.29, 1.82) is 0 Å². The van der Waals surface area contributed by atoms with Crippen molar-refractivity contribution in [2.24, 2.45) is 0 Å². The number of aliphatic carboxylic acids is 1. The van der Waals surface area contributed by atoms with Crippen molar-refractivity contribution >= 4 is 11.9 Å². The van der Waals surface area contributed by atoms with Gasteiger partial charge in [-0.2, -0.15) is 13.2 Å². The maximum atomic E-state index is 12.4. The van der Waals surface area contributed by atoms with Gasteiger partial charge in [-0.3, -0.25) is 14.5 Å². The standard InChI is InChI=1S/C13H21F3N2O3/c1-2-10-5-3-4-6-18(10)11(19)7-17(8-12(20)21)9-13(14,15)16/h10H,2-9H2,1H3,(H,20,21). The van der Waals surface area contributed by atoms with E-state index >= 15 is 0 Å². The molecule has 1 aliphatic rings. The fourth-order valence-electron chi connectivity index (χ4n) is 2.65. The van der Waals surface area contributed by atoms with Gasteiger partial charge in [0.2, 0.25) is 5.91 Å². The van der Waals surface area contributed by atoms with Crippen LogP contribution in [0.25, 0.3) is 0 Å². The normalized spacial score (nSPS) is 19.9. The summed E-state index contributed by atoms with van der Waals surface area (Å²) < 4.78 is 37.3. The number of carbonyl (C=O) groups is 2. The molecule has 8 heteroatoms. The molecule has 0 aliphatic carbocycles. The summed E-state index contributed by atoms with van der Waals surface area (Å²) in [6.07, 6.45) is -1.09. The molecule has 0 radical (unpaired) electrons. The molecule has 122 valence electrons. The second-order valence-electron chi connectivity index (χ2n) is 5.30. The van der Waals surface area contributed by atoms with Crippen molar-refractivity contribution in [2.75, 3.05) is 26.2 Å². The maximum Gasteiger partial charge on any atom is 0.401 e. The number of carboxylic acids is 1. The van der Waals surface area contributed by atoms with Gasteiger partial charge in [0.1, 0.15) is 0 Å². The van der Waals surface area contributed by atoms with Gasteiger partial charge >= 0.3 is 12.1 Å². The Labute approximate surface area is 121 Å². The van der Waals surface area contributed by atoms with E-state index in [1.54, 1.807) is 4.90 Å². The number of alkyl halides is 3. The first-order chi connectivity index (χ1) is 9.73. The number of amides is 1. The summed E-state index contributed by atoms with van der Waals surface area (Å²) in [6, 6.07) is 0.0452. The molecule has 0 bridgehead atoms. The summed E-state index contributed by atoms with van der Waals surface area (Å²) in [7, 11) is 0. The number of carboxylic acid groups (broad SMARTS) is 1. The predicted molar refractivity (Wildman–Crippen MR) is 69.8 cm³/mol. The quantitative estimate of drug-likeness (QED) is 0.811. The van der Waals surface area contributed by atoms with E-state index in [0.29, 0.717) is 11.4 Å². The zero-order valence-electron chi connectivity index (χ0n) is 12.0. The Hall–Kier alpha value is -1.31. The lowest BCUT2D eigenvalue weighted by molar-refractivity contribution is -0.157. The molecule has 1 atom stereocenters. The van der Waals surface area contributed by atoms with Gasteiger partial charge in [0, 0.05) is 12.6 Å². The molecule has 0 spiro atoms. The third kappa shape index (κ3) is 6.33. The molecular weight excluding hydrogens is 289 g/mol. The molecule has 0 aromatic heterocycles. The fraction of sp³-hybridized carbons (Fsp3) is 0.846. The third-order valence-electron chi connectivity index (χ3n) is 3.54. The molecule has 1 unspecified atom stereocenters. The van der Waals surface area contributed by atoms with Gasteiger partial charge in [-0.05, 0) is 25.7 Å². The van der Waals surface area contributed by atoms with Crippen LogP contribution in [-0.4, -0.2) is 65.2 Å². The number of likely N-dealkylation sites (tertiary alicyclic amines) is 1. The van der Waals surface area contributed by atoms with E-state index in [2.05, 4.69) is 0 Å². The second-order valence-corrected chi connectivity index (χ2v) is 5.30. The average molecular weight is 310 g/mol. The van der Waals surface area contributed by atoms with Crippen molar-refractivity contribution in [2.45, 2.75) is 44.8 Å². The molecule has 1 N–H and O–H groups in total. The lowest BCUT2D eigenvalue weighted by atomic mass is 10.00. The molecule has 1 fully saturated rings. The Bertz CT molecular complexity index is 374. The summed E-state index contributed by atoms with van der Waals surface area (Å²) in [5.41, 5.74) is 0. The lowest BCUT2D eigenvalue weighted by Crippen LogP contribution is -2.50. The third-order valence-corrected chi connectivity index (χ3v) is 3.54. The fourth-order valence-corrected chi connectivity index (χ4v) is 2.65. The second kappa shape index (κ2) is 7.63. The summed E-state index contributed by atoms with van der Waals surface area (Å²) in [4.78, 5) is 25.0. The highest BCUT2D eigenvalue weighted by Crippen LogP contribution is 2.21. The van der Waals surface area contributed by atoms with E-state index in [0.717, 1.165) is 25.7 Å². The predicted octanol–water partition coefficient (Wildman–Crippen LogP) is 1.73. The first kappa shape index (κ1) is 17.7. The summed E-state index contributed by atoms with van der Waals surface area (Å²) in [5, 5.41) is 8.67. The van der Waals surface area contributed by atoms with E-state index in [1.807, 2.05) is 6.92 Å². The van der Waals surface area contributed by atoms with Crippen LogP contribution < -0.4 is 0 Å². The topological polar surface area (TPSA) is 60.9 Å². The highest BCUT2D eigenvalue weighted by molar-refractivity contribution is 5.79. The van der Waals surface area contributed by atoms with Crippen LogP contribution in [0, 0.1) is 0 Å². The summed E-state index contributed by atoms with van der Waals surface area (Å²) >= 11 is 0. The number of carbonyl (C=O) groups excluding carboxylic acids is 1. The molecule has 21 heavy (non-hydrogen) atoms. The Morgan fingerprint density at radius 2 is 1.95 bits per heavy atom. The Morgan fingerprint density at radius 3 is 2.48 bits per heavy atom. The van der Waals surface area contributed by atoms with Crippen LogP contribution in [0.15, 0.2) is 0 Å². The van der Waals surface area contributed by atoms with Crippen LogP contribution in [-0.2, 0) is 9.59 Å². The van der Waals surface area contributed by atoms with Gasteiger partial charge in [-0.15, -0.1) is 0 Å². The summed E-state index contributed by atoms with van der Waals surface area (Å²) in [5.74, 6) is -1.80. The van der Waals surface area contributed by atoms with Crippen molar-refractivity contribution in [3.63, 3.8) is 0 Å². The minimum atomic E-state index is -4.53. The Balaban J connectivity index is 2.67. The molecule has 1 saturated heterocycles. The molecule has 1 aliphatic heterocycles. The lowest BCUT2D eigenvalue weighted by Gasteiger charge is -2.36. The highest BCUT2D eigenvalue weighted by Gasteiger charge is 2.34. The van der Waals surface area contributed by atoms with E-state index in [1.165, 1.54) is 0 Å². The van der Waals surface area contributed by atoms with E-state index in [4.69, 9.17) is 5.11 Å². The van der Waals surface area contributed by atoms with Gasteiger partial charge in [-0.1, -0.05) is 6.92 Å². The number of nitrogens with zero attached hydrogens (tertiary/aromatic N) is 2.